The molecular formula is C28H40N2O. The van der Waals surface area contributed by atoms with Crippen LogP contribution in [0.1, 0.15) is 80.4 Å². The molecule has 3 nitrogen and oxygen atoms in total. The molecule has 0 aliphatic carbocycles. The fourth-order valence-electron chi connectivity index (χ4n) is 4.23. The molecule has 0 aromatic heterocycles. The smallest absolute Gasteiger partial charge is 0.254 e. The molecule has 168 valence electrons. The summed E-state index contributed by atoms with van der Waals surface area (Å²) in [6.45, 7) is 13.6. The number of aryl methyl sites for hydroxylation is 1. The van der Waals surface area contributed by atoms with Crippen molar-refractivity contribution in [1.29, 1.82) is 0 Å². The standard InChI is InChI=1S/C28H40N2O/c1-5-6-9-23-10-14-25(15-11-23)27(31)30(21-20-29-18-7-8-19-29)22-24-12-16-26(17-13-24)28(2,3)4/h10-17H,5-9,18-22H2,1-4H3. The summed E-state index contributed by atoms with van der Waals surface area (Å²) in [6.07, 6.45) is 6.03. The lowest BCUT2D eigenvalue weighted by Crippen LogP contribution is -2.37. The Morgan fingerprint density at radius 3 is 2.13 bits per heavy atom. The highest BCUT2D eigenvalue weighted by molar-refractivity contribution is 5.94. The average Bonchev–Trinajstić information content (AvgIpc) is 3.28. The summed E-state index contributed by atoms with van der Waals surface area (Å²) in [5.41, 5.74) is 4.78. The molecule has 0 radical (unpaired) electrons. The molecule has 0 N–H and O–H groups in total. The molecule has 0 bridgehead atoms. The van der Waals surface area contributed by atoms with Gasteiger partial charge in [-0.1, -0.05) is 70.5 Å². The van der Waals surface area contributed by atoms with E-state index in [2.05, 4.69) is 69.0 Å². The van der Waals surface area contributed by atoms with Crippen LogP contribution in [-0.4, -0.2) is 41.9 Å². The van der Waals surface area contributed by atoms with Crippen LogP contribution in [0.15, 0.2) is 48.5 Å². The third-order valence-electron chi connectivity index (χ3n) is 6.39. The molecule has 0 atom stereocenters. The molecule has 1 fully saturated rings. The van der Waals surface area contributed by atoms with Gasteiger partial charge in [0.15, 0.2) is 0 Å². The summed E-state index contributed by atoms with van der Waals surface area (Å²) in [6, 6.07) is 17.1. The number of carbonyl (C=O) groups is 1. The van der Waals surface area contributed by atoms with Gasteiger partial charge in [0.1, 0.15) is 0 Å². The number of carbonyl (C=O) groups excluding carboxylic acids is 1. The monoisotopic (exact) mass is 420 g/mol. The Bertz CT molecular complexity index is 812. The zero-order chi connectivity index (χ0) is 22.3. The molecule has 1 saturated heterocycles. The molecule has 3 heteroatoms. The van der Waals surface area contributed by atoms with Crippen molar-refractivity contribution >= 4 is 5.91 Å². The van der Waals surface area contributed by atoms with E-state index >= 15 is 0 Å². The van der Waals surface area contributed by atoms with Crippen LogP contribution >= 0.6 is 0 Å². The van der Waals surface area contributed by atoms with Gasteiger partial charge in [-0.25, -0.2) is 0 Å². The van der Waals surface area contributed by atoms with E-state index in [1.54, 1.807) is 0 Å². The quantitative estimate of drug-likeness (QED) is 0.492. The lowest BCUT2D eigenvalue weighted by molar-refractivity contribution is 0.0727. The summed E-state index contributed by atoms with van der Waals surface area (Å²) >= 11 is 0. The molecule has 3 rings (SSSR count). The minimum absolute atomic E-state index is 0.140. The summed E-state index contributed by atoms with van der Waals surface area (Å²) in [4.78, 5) is 17.9. The zero-order valence-electron chi connectivity index (χ0n) is 20.0. The van der Waals surface area contributed by atoms with Crippen LogP contribution in [0.4, 0.5) is 0 Å². The van der Waals surface area contributed by atoms with Crippen LogP contribution in [0.5, 0.6) is 0 Å². The Balaban J connectivity index is 1.72. The van der Waals surface area contributed by atoms with Crippen LogP contribution < -0.4 is 0 Å². The van der Waals surface area contributed by atoms with Crippen molar-refractivity contribution in [3.63, 3.8) is 0 Å². The highest BCUT2D eigenvalue weighted by Gasteiger charge is 2.20. The molecule has 1 aliphatic rings. The Morgan fingerprint density at radius 1 is 0.935 bits per heavy atom. The van der Waals surface area contributed by atoms with Crippen molar-refractivity contribution in [3.8, 4) is 0 Å². The largest absolute Gasteiger partial charge is 0.333 e. The Hall–Kier alpha value is -2.13. The first-order chi connectivity index (χ1) is 14.9. The van der Waals surface area contributed by atoms with Crippen LogP contribution in [0.2, 0.25) is 0 Å². The maximum Gasteiger partial charge on any atom is 0.254 e. The van der Waals surface area contributed by atoms with E-state index in [9.17, 15) is 4.79 Å². The molecule has 0 saturated carbocycles. The summed E-state index contributed by atoms with van der Waals surface area (Å²) in [5, 5.41) is 0. The lowest BCUT2D eigenvalue weighted by Gasteiger charge is -2.26. The van der Waals surface area contributed by atoms with Gasteiger partial charge in [0, 0.05) is 25.2 Å². The van der Waals surface area contributed by atoms with Crippen LogP contribution in [0, 0.1) is 0 Å². The maximum atomic E-state index is 13.4. The zero-order valence-corrected chi connectivity index (χ0v) is 20.0. The summed E-state index contributed by atoms with van der Waals surface area (Å²) < 4.78 is 0. The van der Waals surface area contributed by atoms with E-state index in [0.717, 1.165) is 38.2 Å². The van der Waals surface area contributed by atoms with Gasteiger partial charge in [-0.3, -0.25) is 4.79 Å². The Kier molecular flexibility index (Phi) is 8.31. The lowest BCUT2D eigenvalue weighted by atomic mass is 9.87. The molecule has 1 heterocycles. The van der Waals surface area contributed by atoms with Gasteiger partial charge in [0.25, 0.3) is 5.91 Å². The van der Waals surface area contributed by atoms with Crippen molar-refractivity contribution in [3.05, 3.63) is 70.8 Å². The highest BCUT2D eigenvalue weighted by atomic mass is 16.2. The Morgan fingerprint density at radius 2 is 1.55 bits per heavy atom. The molecule has 0 spiro atoms. The predicted octanol–water partition coefficient (Wildman–Crippen LogP) is 6.06. The number of unbranched alkanes of at least 4 members (excludes halogenated alkanes) is 1. The van der Waals surface area contributed by atoms with E-state index in [1.807, 2.05) is 17.0 Å². The molecule has 31 heavy (non-hydrogen) atoms. The second-order valence-electron chi connectivity index (χ2n) is 10.0. The molecule has 1 aliphatic heterocycles. The van der Waals surface area contributed by atoms with Crippen LogP contribution in [0.25, 0.3) is 0 Å². The van der Waals surface area contributed by atoms with Gasteiger partial charge in [0.2, 0.25) is 0 Å². The van der Waals surface area contributed by atoms with Gasteiger partial charge < -0.3 is 9.80 Å². The minimum Gasteiger partial charge on any atom is -0.333 e. The van der Waals surface area contributed by atoms with Crippen molar-refractivity contribution in [1.82, 2.24) is 9.80 Å². The number of nitrogens with zero attached hydrogens (tertiary/aromatic N) is 2. The number of likely N-dealkylation sites (tertiary alicyclic amines) is 1. The van der Waals surface area contributed by atoms with Gasteiger partial charge in [-0.05, 0) is 73.0 Å². The van der Waals surface area contributed by atoms with Gasteiger partial charge in [0.05, 0.1) is 0 Å². The van der Waals surface area contributed by atoms with Crippen LogP contribution in [-0.2, 0) is 18.4 Å². The molecular weight excluding hydrogens is 380 g/mol. The van der Waals surface area contributed by atoms with Crippen molar-refractivity contribution in [2.45, 2.75) is 71.8 Å². The first kappa shape index (κ1) is 23.5. The topological polar surface area (TPSA) is 23.6 Å². The predicted molar refractivity (Wildman–Crippen MR) is 131 cm³/mol. The second kappa shape index (κ2) is 10.9. The summed E-state index contributed by atoms with van der Waals surface area (Å²) in [7, 11) is 0. The second-order valence-corrected chi connectivity index (χ2v) is 10.0. The number of amides is 1. The van der Waals surface area contributed by atoms with Crippen molar-refractivity contribution in [2.24, 2.45) is 0 Å². The van der Waals surface area contributed by atoms with Crippen LogP contribution in [0.3, 0.4) is 0 Å². The van der Waals surface area contributed by atoms with Gasteiger partial charge in [-0.15, -0.1) is 0 Å². The normalized spacial score (nSPS) is 14.7. The third-order valence-corrected chi connectivity index (χ3v) is 6.39. The fourth-order valence-corrected chi connectivity index (χ4v) is 4.23. The molecule has 0 unspecified atom stereocenters. The first-order valence-corrected chi connectivity index (χ1v) is 12.1. The number of hydrogen-bond donors (Lipinski definition) is 0. The minimum atomic E-state index is 0.140. The fraction of sp³-hybridized carbons (Fsp3) is 0.536. The van der Waals surface area contributed by atoms with Gasteiger partial charge >= 0.3 is 0 Å². The number of benzene rings is 2. The number of rotatable bonds is 9. The number of hydrogen-bond acceptors (Lipinski definition) is 2. The molecule has 2 aromatic rings. The van der Waals surface area contributed by atoms with Crippen molar-refractivity contribution < 1.29 is 4.79 Å². The van der Waals surface area contributed by atoms with E-state index in [1.165, 1.54) is 42.4 Å². The first-order valence-electron chi connectivity index (χ1n) is 12.1. The van der Waals surface area contributed by atoms with E-state index in [4.69, 9.17) is 0 Å². The van der Waals surface area contributed by atoms with E-state index < -0.39 is 0 Å². The van der Waals surface area contributed by atoms with E-state index in [0.29, 0.717) is 6.54 Å². The maximum absolute atomic E-state index is 13.4. The molecule has 2 aromatic carbocycles. The highest BCUT2D eigenvalue weighted by Crippen LogP contribution is 2.23. The van der Waals surface area contributed by atoms with E-state index in [-0.39, 0.29) is 11.3 Å². The third kappa shape index (κ3) is 6.93. The SMILES string of the molecule is CCCCc1ccc(C(=O)N(CCN2CCCC2)Cc2ccc(C(C)(C)C)cc2)cc1. The van der Waals surface area contributed by atoms with Crippen molar-refractivity contribution in [2.75, 3.05) is 26.2 Å². The Labute approximate surface area is 189 Å². The average molecular weight is 421 g/mol. The van der Waals surface area contributed by atoms with Gasteiger partial charge in [-0.2, -0.15) is 0 Å². The summed E-state index contributed by atoms with van der Waals surface area (Å²) in [5.74, 6) is 0.140. The molecule has 1 amide bonds.